The first kappa shape index (κ1) is 19.2. The van der Waals surface area contributed by atoms with E-state index in [2.05, 4.69) is 33.0 Å². The summed E-state index contributed by atoms with van der Waals surface area (Å²) < 4.78 is 11.8. The molecule has 0 fully saturated rings. The Morgan fingerprint density at radius 2 is 2.20 bits per heavy atom. The number of hydrogen-bond acceptors (Lipinski definition) is 5. The number of nitrogens with zero attached hydrogens (tertiary/aromatic N) is 1. The lowest BCUT2D eigenvalue weighted by molar-refractivity contribution is -0.123. The van der Waals surface area contributed by atoms with Gasteiger partial charge in [-0.3, -0.25) is 4.79 Å². The number of allylic oxidation sites excluding steroid dienone is 1. The van der Waals surface area contributed by atoms with Crippen molar-refractivity contribution in [3.8, 4) is 11.5 Å². The molecule has 2 aromatic rings. The van der Waals surface area contributed by atoms with Crippen LogP contribution in [0.3, 0.4) is 0 Å². The quantitative estimate of drug-likeness (QED) is 0.395. The lowest BCUT2D eigenvalue weighted by atomic mass is 10.1. The predicted octanol–water partition coefficient (Wildman–Crippen LogP) is 4.09. The van der Waals surface area contributed by atoms with Crippen molar-refractivity contribution in [3.05, 3.63) is 56.7 Å². The summed E-state index contributed by atoms with van der Waals surface area (Å²) in [4.78, 5) is 13.9. The van der Waals surface area contributed by atoms with Gasteiger partial charge in [-0.1, -0.05) is 12.1 Å². The first-order chi connectivity index (χ1) is 12.0. The molecule has 1 amide bonds. The molecule has 132 valence electrons. The highest BCUT2D eigenvalue weighted by Crippen LogP contribution is 2.28. The molecule has 0 atom stereocenters. The highest BCUT2D eigenvalue weighted by molar-refractivity contribution is 9.10. The number of amides is 1. The number of rotatable bonds is 8. The van der Waals surface area contributed by atoms with Gasteiger partial charge >= 0.3 is 0 Å². The normalized spacial score (nSPS) is 10.7. The first-order valence-corrected chi connectivity index (χ1v) is 9.13. The van der Waals surface area contributed by atoms with Gasteiger partial charge in [0.1, 0.15) is 0 Å². The Balaban J connectivity index is 1.88. The number of aryl methyl sites for hydroxylation is 1. The molecule has 0 aliphatic rings. The summed E-state index contributed by atoms with van der Waals surface area (Å²) in [5, 5.41) is 3.93. The van der Waals surface area contributed by atoms with Crippen LogP contribution >= 0.6 is 27.3 Å². The molecule has 5 nitrogen and oxygen atoms in total. The van der Waals surface area contributed by atoms with E-state index in [1.165, 1.54) is 0 Å². The van der Waals surface area contributed by atoms with Crippen LogP contribution in [0.5, 0.6) is 11.5 Å². The molecule has 0 bridgehead atoms. The molecule has 0 radical (unpaired) electrons. The van der Waals surface area contributed by atoms with Crippen LogP contribution in [0.1, 0.15) is 15.3 Å². The number of thiophene rings is 1. The minimum absolute atomic E-state index is 0.151. The number of carbonyl (C=O) groups is 1. The van der Waals surface area contributed by atoms with Gasteiger partial charge in [-0.05, 0) is 53.0 Å². The summed E-state index contributed by atoms with van der Waals surface area (Å²) in [6.07, 6.45) is 4.16. The molecule has 0 saturated heterocycles. The van der Waals surface area contributed by atoms with E-state index in [9.17, 15) is 4.79 Å². The number of hydrogen-bond donors (Lipinski definition) is 1. The fourth-order valence-electron chi connectivity index (χ4n) is 2.01. The van der Waals surface area contributed by atoms with E-state index < -0.39 is 0 Å². The minimum Gasteiger partial charge on any atom is -0.493 e. The molecule has 1 heterocycles. The van der Waals surface area contributed by atoms with Crippen molar-refractivity contribution < 1.29 is 14.3 Å². The average Bonchev–Trinajstić information content (AvgIpc) is 2.91. The number of methoxy groups -OCH3 is 1. The number of halogens is 1. The average molecular weight is 423 g/mol. The molecule has 2 rings (SSSR count). The molecule has 0 aliphatic heterocycles. The third-order valence-electron chi connectivity index (χ3n) is 3.22. The molecule has 0 aliphatic carbocycles. The zero-order valence-electron chi connectivity index (χ0n) is 14.0. The van der Waals surface area contributed by atoms with E-state index in [-0.39, 0.29) is 12.5 Å². The molecule has 1 aromatic heterocycles. The van der Waals surface area contributed by atoms with Crippen molar-refractivity contribution in [1.82, 2.24) is 5.43 Å². The maximum Gasteiger partial charge on any atom is 0.277 e. The van der Waals surface area contributed by atoms with Crippen molar-refractivity contribution in [2.45, 2.75) is 13.3 Å². The summed E-state index contributed by atoms with van der Waals surface area (Å²) in [6, 6.07) is 7.50. The van der Waals surface area contributed by atoms with Gasteiger partial charge in [-0.2, -0.15) is 5.10 Å². The second-order valence-corrected chi connectivity index (χ2v) is 7.25. The molecule has 0 unspecified atom stereocenters. The molecule has 7 heteroatoms. The van der Waals surface area contributed by atoms with Gasteiger partial charge in [0.15, 0.2) is 18.1 Å². The number of benzene rings is 1. The van der Waals surface area contributed by atoms with Gasteiger partial charge in [0.05, 0.1) is 13.3 Å². The van der Waals surface area contributed by atoms with Crippen LogP contribution < -0.4 is 14.9 Å². The predicted molar refractivity (Wildman–Crippen MR) is 105 cm³/mol. The summed E-state index contributed by atoms with van der Waals surface area (Å²) >= 11 is 5.02. The highest BCUT2D eigenvalue weighted by atomic mass is 79.9. The van der Waals surface area contributed by atoms with E-state index in [1.54, 1.807) is 30.7 Å². The molecular formula is C18H19BrN2O3S. The topological polar surface area (TPSA) is 59.9 Å². The van der Waals surface area contributed by atoms with E-state index >= 15 is 0 Å². The van der Waals surface area contributed by atoms with Crippen molar-refractivity contribution >= 4 is 39.4 Å². The van der Waals surface area contributed by atoms with Crippen LogP contribution in [0.25, 0.3) is 0 Å². The van der Waals surface area contributed by atoms with E-state index in [1.807, 2.05) is 31.2 Å². The maximum absolute atomic E-state index is 11.8. The van der Waals surface area contributed by atoms with Crippen molar-refractivity contribution in [2.24, 2.45) is 5.10 Å². The molecule has 25 heavy (non-hydrogen) atoms. The second-order valence-electron chi connectivity index (χ2n) is 5.11. The summed E-state index contributed by atoms with van der Waals surface area (Å²) in [5.41, 5.74) is 3.50. The second kappa shape index (κ2) is 9.39. The fraction of sp³-hybridized carbons (Fsp3) is 0.222. The van der Waals surface area contributed by atoms with E-state index in [4.69, 9.17) is 9.47 Å². The Morgan fingerprint density at radius 1 is 1.40 bits per heavy atom. The highest BCUT2D eigenvalue weighted by Gasteiger charge is 2.08. The molecule has 1 N–H and O–H groups in total. The van der Waals surface area contributed by atoms with Crippen LogP contribution in [0, 0.1) is 6.92 Å². The zero-order valence-corrected chi connectivity index (χ0v) is 16.4. The number of carbonyl (C=O) groups excluding carboxylic acids is 1. The Bertz CT molecular complexity index is 767. The SMILES string of the molecule is C=CCc1ccc(OCC(=O)NN=Cc2cc(Br)c(C)s2)c(OC)c1. The largest absolute Gasteiger partial charge is 0.493 e. The summed E-state index contributed by atoms with van der Waals surface area (Å²) in [5.74, 6) is 0.739. The Hall–Kier alpha value is -2.12. The lowest BCUT2D eigenvalue weighted by Gasteiger charge is -2.11. The van der Waals surface area contributed by atoms with Gasteiger partial charge in [0.2, 0.25) is 0 Å². The minimum atomic E-state index is -0.346. The van der Waals surface area contributed by atoms with Crippen molar-refractivity contribution in [1.29, 1.82) is 0 Å². The van der Waals surface area contributed by atoms with Crippen molar-refractivity contribution in [2.75, 3.05) is 13.7 Å². The number of hydrazone groups is 1. The standard InChI is InChI=1S/C18H19BrN2O3S/c1-4-5-13-6-7-16(17(8-13)23-3)24-11-18(22)21-20-10-14-9-15(19)12(2)25-14/h4,6-10H,1,5,11H2,2-3H3,(H,21,22). The van der Waals surface area contributed by atoms with Gasteiger partial charge in [-0.25, -0.2) is 5.43 Å². The molecular weight excluding hydrogens is 404 g/mol. The lowest BCUT2D eigenvalue weighted by Crippen LogP contribution is -2.24. The third-order valence-corrected chi connectivity index (χ3v) is 5.30. The Morgan fingerprint density at radius 3 is 2.84 bits per heavy atom. The van der Waals surface area contributed by atoms with Gasteiger partial charge in [0, 0.05) is 14.2 Å². The monoisotopic (exact) mass is 422 g/mol. The number of ether oxygens (including phenoxy) is 2. The smallest absolute Gasteiger partial charge is 0.277 e. The van der Waals surface area contributed by atoms with E-state index in [0.717, 1.165) is 26.2 Å². The van der Waals surface area contributed by atoms with Crippen LogP contribution in [-0.4, -0.2) is 25.8 Å². The van der Waals surface area contributed by atoms with Crippen LogP contribution in [0.2, 0.25) is 0 Å². The summed E-state index contributed by atoms with van der Waals surface area (Å²) in [7, 11) is 1.56. The maximum atomic E-state index is 11.8. The van der Waals surface area contributed by atoms with Crippen molar-refractivity contribution in [3.63, 3.8) is 0 Å². The van der Waals surface area contributed by atoms with Gasteiger partial charge in [0.25, 0.3) is 5.91 Å². The number of nitrogens with one attached hydrogen (secondary N) is 1. The fourth-order valence-corrected chi connectivity index (χ4v) is 3.45. The van der Waals surface area contributed by atoms with Crippen LogP contribution in [0.4, 0.5) is 0 Å². The van der Waals surface area contributed by atoms with Gasteiger partial charge in [-0.15, -0.1) is 17.9 Å². The van der Waals surface area contributed by atoms with Gasteiger partial charge < -0.3 is 9.47 Å². The molecule has 0 saturated carbocycles. The molecule has 1 aromatic carbocycles. The van der Waals surface area contributed by atoms with Crippen LogP contribution in [0.15, 0.2) is 46.5 Å². The Labute approximate surface area is 159 Å². The summed E-state index contributed by atoms with van der Waals surface area (Å²) in [6.45, 7) is 5.56. The van der Waals surface area contributed by atoms with E-state index in [0.29, 0.717) is 11.5 Å². The third kappa shape index (κ3) is 5.72. The Kier molecular flexibility index (Phi) is 7.21. The molecule has 0 spiro atoms. The zero-order chi connectivity index (χ0) is 18.2. The first-order valence-electron chi connectivity index (χ1n) is 7.52. The van der Waals surface area contributed by atoms with Crippen LogP contribution in [-0.2, 0) is 11.2 Å².